The highest BCUT2D eigenvalue weighted by Gasteiger charge is 2.38. The number of nitrogens with one attached hydrogen (secondary N) is 1. The van der Waals surface area contributed by atoms with Crippen LogP contribution >= 0.6 is 31.9 Å². The van der Waals surface area contributed by atoms with Crippen molar-refractivity contribution < 1.29 is 23.0 Å². The van der Waals surface area contributed by atoms with E-state index < -0.39 is 18.9 Å². The van der Waals surface area contributed by atoms with Crippen LogP contribution in [-0.4, -0.2) is 30.5 Å². The highest BCUT2D eigenvalue weighted by Crippen LogP contribution is 2.35. The Bertz CT molecular complexity index is 432. The second-order valence-corrected chi connectivity index (χ2v) is 5.75. The fourth-order valence-electron chi connectivity index (χ4n) is 1.38. The minimum atomic E-state index is -4.69. The van der Waals surface area contributed by atoms with Gasteiger partial charge in [-0.05, 0) is 56.1 Å². The Hall–Kier alpha value is -0.310. The standard InChI is InChI=1S/C12H14Br2F3NO2/c1-2-18-5-7-3-8(13)11(9(14)4-7)20-6-10(19)12(15,16)17/h3-4,10,18-19H,2,5-6H2,1H3. The fraction of sp³-hybridized carbons (Fsp3) is 0.500. The van der Waals surface area contributed by atoms with E-state index in [1.165, 1.54) is 0 Å². The van der Waals surface area contributed by atoms with Crippen molar-refractivity contribution in [1.82, 2.24) is 5.32 Å². The number of hydrogen-bond donors (Lipinski definition) is 2. The van der Waals surface area contributed by atoms with Gasteiger partial charge in [0, 0.05) is 6.54 Å². The van der Waals surface area contributed by atoms with Crippen molar-refractivity contribution in [1.29, 1.82) is 0 Å². The molecule has 0 aromatic heterocycles. The molecule has 0 aliphatic heterocycles. The van der Waals surface area contributed by atoms with E-state index >= 15 is 0 Å². The van der Waals surface area contributed by atoms with Crippen LogP contribution in [0.4, 0.5) is 13.2 Å². The molecule has 0 aliphatic rings. The zero-order chi connectivity index (χ0) is 15.3. The van der Waals surface area contributed by atoms with Gasteiger partial charge in [0.15, 0.2) is 6.10 Å². The summed E-state index contributed by atoms with van der Waals surface area (Å²) in [5.74, 6) is 0.230. The van der Waals surface area contributed by atoms with Crippen molar-refractivity contribution in [2.24, 2.45) is 0 Å². The van der Waals surface area contributed by atoms with E-state index in [1.54, 1.807) is 12.1 Å². The average Bonchev–Trinajstić information content (AvgIpc) is 2.33. The SMILES string of the molecule is CCNCc1cc(Br)c(OCC(O)C(F)(F)F)c(Br)c1. The van der Waals surface area contributed by atoms with E-state index in [2.05, 4.69) is 37.2 Å². The van der Waals surface area contributed by atoms with Gasteiger partial charge in [0.1, 0.15) is 12.4 Å². The van der Waals surface area contributed by atoms with Crippen LogP contribution in [0.5, 0.6) is 5.75 Å². The Kier molecular flexibility index (Phi) is 6.77. The van der Waals surface area contributed by atoms with Crippen LogP contribution in [0.2, 0.25) is 0 Å². The summed E-state index contributed by atoms with van der Waals surface area (Å²) in [7, 11) is 0. The molecule has 0 aliphatic carbocycles. The van der Waals surface area contributed by atoms with Crippen LogP contribution in [0.25, 0.3) is 0 Å². The number of ether oxygens (including phenoxy) is 1. The van der Waals surface area contributed by atoms with Gasteiger partial charge in [-0.2, -0.15) is 13.2 Å². The van der Waals surface area contributed by atoms with Crippen LogP contribution in [-0.2, 0) is 6.54 Å². The van der Waals surface area contributed by atoms with Crippen molar-refractivity contribution in [2.75, 3.05) is 13.2 Å². The summed E-state index contributed by atoms with van der Waals surface area (Å²) in [5.41, 5.74) is 0.953. The first kappa shape index (κ1) is 17.7. The Morgan fingerprint density at radius 1 is 1.30 bits per heavy atom. The summed E-state index contributed by atoms with van der Waals surface area (Å²) in [6.45, 7) is 2.57. The molecule has 0 spiro atoms. The minimum absolute atomic E-state index is 0.230. The number of halogens is 5. The normalized spacial score (nSPS) is 13.3. The van der Waals surface area contributed by atoms with E-state index in [0.29, 0.717) is 15.5 Å². The van der Waals surface area contributed by atoms with Gasteiger partial charge in [0.25, 0.3) is 0 Å². The zero-order valence-electron chi connectivity index (χ0n) is 10.6. The first-order valence-electron chi connectivity index (χ1n) is 5.82. The molecular formula is C12H14Br2F3NO2. The molecule has 1 aromatic rings. The molecule has 0 radical (unpaired) electrons. The van der Waals surface area contributed by atoms with Crippen LogP contribution in [0.15, 0.2) is 21.1 Å². The number of hydrogen-bond acceptors (Lipinski definition) is 3. The molecule has 8 heteroatoms. The van der Waals surface area contributed by atoms with Gasteiger partial charge >= 0.3 is 6.18 Å². The molecule has 1 aromatic carbocycles. The van der Waals surface area contributed by atoms with Gasteiger partial charge < -0.3 is 15.2 Å². The topological polar surface area (TPSA) is 41.5 Å². The number of rotatable bonds is 6. The fourth-order valence-corrected chi connectivity index (χ4v) is 2.89. The van der Waals surface area contributed by atoms with Crippen molar-refractivity contribution in [2.45, 2.75) is 25.7 Å². The molecule has 3 nitrogen and oxygen atoms in total. The average molecular weight is 421 g/mol. The van der Waals surface area contributed by atoms with Gasteiger partial charge in [-0.15, -0.1) is 0 Å². The van der Waals surface area contributed by atoms with Crippen molar-refractivity contribution >= 4 is 31.9 Å². The van der Waals surface area contributed by atoms with Crippen molar-refractivity contribution in [3.05, 3.63) is 26.6 Å². The largest absolute Gasteiger partial charge is 0.488 e. The second kappa shape index (κ2) is 7.63. The molecule has 0 bridgehead atoms. The smallest absolute Gasteiger partial charge is 0.417 e. The molecule has 20 heavy (non-hydrogen) atoms. The third-order valence-corrected chi connectivity index (χ3v) is 3.58. The third kappa shape index (κ3) is 5.23. The quantitative estimate of drug-likeness (QED) is 0.738. The van der Waals surface area contributed by atoms with Crippen LogP contribution in [0.1, 0.15) is 12.5 Å². The molecule has 1 rings (SSSR count). The van der Waals surface area contributed by atoms with Crippen molar-refractivity contribution in [3.63, 3.8) is 0 Å². The Labute approximate surface area is 131 Å². The molecule has 0 amide bonds. The first-order valence-corrected chi connectivity index (χ1v) is 7.40. The predicted molar refractivity (Wildman–Crippen MR) is 76.8 cm³/mol. The monoisotopic (exact) mass is 419 g/mol. The van der Waals surface area contributed by atoms with Crippen molar-refractivity contribution in [3.8, 4) is 5.75 Å². The molecule has 1 unspecified atom stereocenters. The molecule has 0 saturated carbocycles. The Balaban J connectivity index is 2.76. The van der Waals surface area contributed by atoms with Gasteiger partial charge in [0.2, 0.25) is 0 Å². The summed E-state index contributed by atoms with van der Waals surface area (Å²) < 4.78 is 42.7. The maximum Gasteiger partial charge on any atom is 0.417 e. The lowest BCUT2D eigenvalue weighted by Crippen LogP contribution is -2.34. The first-order chi connectivity index (χ1) is 9.25. The van der Waals surface area contributed by atoms with Crippen LogP contribution < -0.4 is 10.1 Å². The van der Waals surface area contributed by atoms with Gasteiger partial charge in [-0.25, -0.2) is 0 Å². The van der Waals surface area contributed by atoms with Gasteiger partial charge in [-0.1, -0.05) is 6.92 Å². The molecule has 0 heterocycles. The summed E-state index contributed by atoms with van der Waals surface area (Å²) in [4.78, 5) is 0. The zero-order valence-corrected chi connectivity index (χ0v) is 13.8. The second-order valence-electron chi connectivity index (χ2n) is 4.04. The van der Waals surface area contributed by atoms with E-state index in [9.17, 15) is 13.2 Å². The maximum atomic E-state index is 12.2. The number of alkyl halides is 3. The molecule has 1 atom stereocenters. The van der Waals surface area contributed by atoms with E-state index in [4.69, 9.17) is 9.84 Å². The summed E-state index contributed by atoms with van der Waals surface area (Å²) >= 11 is 6.49. The Morgan fingerprint density at radius 2 is 1.85 bits per heavy atom. The molecule has 114 valence electrons. The van der Waals surface area contributed by atoms with Crippen LogP contribution in [0, 0.1) is 0 Å². The summed E-state index contributed by atoms with van der Waals surface area (Å²) in [6, 6.07) is 3.51. The number of aliphatic hydroxyl groups excluding tert-OH is 1. The maximum absolute atomic E-state index is 12.2. The molecule has 2 N–H and O–H groups in total. The highest BCUT2D eigenvalue weighted by atomic mass is 79.9. The molecule has 0 saturated heterocycles. The molecular weight excluding hydrogens is 407 g/mol. The Morgan fingerprint density at radius 3 is 2.30 bits per heavy atom. The summed E-state index contributed by atoms with van der Waals surface area (Å²) in [5, 5.41) is 12.0. The highest BCUT2D eigenvalue weighted by molar-refractivity contribution is 9.11. The summed E-state index contributed by atoms with van der Waals surface area (Å²) in [6.07, 6.45) is -7.20. The minimum Gasteiger partial charge on any atom is -0.488 e. The van der Waals surface area contributed by atoms with Gasteiger partial charge in [0.05, 0.1) is 8.95 Å². The van der Waals surface area contributed by atoms with E-state index in [-0.39, 0.29) is 5.75 Å². The lowest BCUT2D eigenvalue weighted by molar-refractivity contribution is -0.210. The molecule has 0 fully saturated rings. The third-order valence-electron chi connectivity index (χ3n) is 2.40. The van der Waals surface area contributed by atoms with E-state index in [0.717, 1.165) is 12.1 Å². The van der Waals surface area contributed by atoms with E-state index in [1.807, 2.05) is 6.92 Å². The van der Waals surface area contributed by atoms with Crippen LogP contribution in [0.3, 0.4) is 0 Å². The lowest BCUT2D eigenvalue weighted by Gasteiger charge is -2.17. The lowest BCUT2D eigenvalue weighted by atomic mass is 10.2. The predicted octanol–water partition coefficient (Wildman–Crippen LogP) is 3.62. The number of aliphatic hydroxyl groups is 1. The van der Waals surface area contributed by atoms with Gasteiger partial charge in [-0.3, -0.25) is 0 Å². The number of benzene rings is 1.